The highest BCUT2D eigenvalue weighted by atomic mass is 32.1. The second-order valence-electron chi connectivity index (χ2n) is 5.33. The molecule has 0 radical (unpaired) electrons. The molecule has 1 N–H and O–H groups in total. The lowest BCUT2D eigenvalue weighted by molar-refractivity contribution is 0.102. The van der Waals surface area contributed by atoms with Crippen LogP contribution in [0.4, 0.5) is 5.13 Å². The second-order valence-corrected chi connectivity index (χ2v) is 6.36. The van der Waals surface area contributed by atoms with Crippen LogP contribution in [-0.2, 0) is 0 Å². The maximum absolute atomic E-state index is 12.4. The Labute approximate surface area is 141 Å². The molecule has 2 aromatic carbocycles. The van der Waals surface area contributed by atoms with Crippen LogP contribution in [0, 0.1) is 6.92 Å². The third kappa shape index (κ3) is 2.77. The summed E-state index contributed by atoms with van der Waals surface area (Å²) in [5.74, 6) is -0.184. The molecule has 118 valence electrons. The Hall–Kier alpha value is -3.06. The minimum atomic E-state index is -0.184. The van der Waals surface area contributed by atoms with Gasteiger partial charge in [-0.3, -0.25) is 10.1 Å². The molecular formula is C17H13N5OS. The Morgan fingerprint density at radius 3 is 2.75 bits per heavy atom. The number of fused-ring (bicyclic) bond motifs is 1. The number of nitrogens with one attached hydrogen (secondary N) is 1. The molecule has 0 aliphatic carbocycles. The zero-order valence-electron chi connectivity index (χ0n) is 12.8. The molecule has 0 spiro atoms. The average molecular weight is 335 g/mol. The largest absolute Gasteiger partial charge is 0.298 e. The van der Waals surface area contributed by atoms with Crippen molar-refractivity contribution >= 4 is 32.6 Å². The summed E-state index contributed by atoms with van der Waals surface area (Å²) in [7, 11) is 0. The smallest absolute Gasteiger partial charge is 0.257 e. The van der Waals surface area contributed by atoms with Gasteiger partial charge in [0.1, 0.15) is 12.7 Å². The van der Waals surface area contributed by atoms with Crippen molar-refractivity contribution in [1.82, 2.24) is 19.7 Å². The third-order valence-electron chi connectivity index (χ3n) is 3.58. The topological polar surface area (TPSA) is 72.7 Å². The van der Waals surface area contributed by atoms with E-state index < -0.39 is 0 Å². The molecular weight excluding hydrogens is 322 g/mol. The van der Waals surface area contributed by atoms with E-state index in [1.807, 2.05) is 31.2 Å². The van der Waals surface area contributed by atoms with Gasteiger partial charge in [0.2, 0.25) is 0 Å². The number of hydrogen-bond donors (Lipinski definition) is 1. The molecule has 0 bridgehead atoms. The Bertz CT molecular complexity index is 1010. The first-order valence-corrected chi connectivity index (χ1v) is 8.14. The zero-order chi connectivity index (χ0) is 16.5. The van der Waals surface area contributed by atoms with Gasteiger partial charge in [-0.25, -0.2) is 14.6 Å². The average Bonchev–Trinajstić information content (AvgIpc) is 3.23. The predicted octanol–water partition coefficient (Wildman–Crippen LogP) is 3.44. The Morgan fingerprint density at radius 2 is 2.00 bits per heavy atom. The standard InChI is InChI=1S/C17H13N5OS/c1-11-2-7-14-15(8-11)24-17(20-14)21-16(23)12-3-5-13(6-4-12)22-10-18-9-19-22/h2-10H,1H3,(H,20,21,23). The molecule has 1 amide bonds. The van der Waals surface area contributed by atoms with Crippen LogP contribution in [0.15, 0.2) is 55.1 Å². The van der Waals surface area contributed by atoms with Crippen LogP contribution in [0.2, 0.25) is 0 Å². The third-order valence-corrected chi connectivity index (χ3v) is 4.51. The SMILES string of the molecule is Cc1ccc2nc(NC(=O)c3ccc(-n4cncn4)cc3)sc2c1. The Balaban J connectivity index is 1.54. The van der Waals surface area contributed by atoms with Gasteiger partial charge in [0.05, 0.1) is 15.9 Å². The summed E-state index contributed by atoms with van der Waals surface area (Å²) in [6.45, 7) is 2.04. The van der Waals surface area contributed by atoms with Crippen LogP contribution >= 0.6 is 11.3 Å². The first-order chi connectivity index (χ1) is 11.7. The van der Waals surface area contributed by atoms with Crippen molar-refractivity contribution in [2.45, 2.75) is 6.92 Å². The number of carbonyl (C=O) groups excluding carboxylic acids is 1. The van der Waals surface area contributed by atoms with Crippen molar-refractivity contribution in [2.75, 3.05) is 5.32 Å². The molecule has 7 heteroatoms. The molecule has 2 aromatic heterocycles. The van der Waals surface area contributed by atoms with E-state index in [1.54, 1.807) is 23.1 Å². The van der Waals surface area contributed by atoms with Gasteiger partial charge in [-0.15, -0.1) is 0 Å². The molecule has 0 atom stereocenters. The van der Waals surface area contributed by atoms with E-state index >= 15 is 0 Å². The number of aryl methyl sites for hydroxylation is 1. The molecule has 0 saturated heterocycles. The van der Waals surface area contributed by atoms with Gasteiger partial charge < -0.3 is 0 Å². The monoisotopic (exact) mass is 335 g/mol. The fourth-order valence-corrected chi connectivity index (χ4v) is 3.32. The second kappa shape index (κ2) is 5.86. The first kappa shape index (κ1) is 14.5. The van der Waals surface area contributed by atoms with Crippen LogP contribution < -0.4 is 5.32 Å². The minimum Gasteiger partial charge on any atom is -0.298 e. The van der Waals surface area contributed by atoms with Crippen molar-refractivity contribution in [1.29, 1.82) is 0 Å². The molecule has 2 heterocycles. The van der Waals surface area contributed by atoms with Crippen LogP contribution in [0.3, 0.4) is 0 Å². The molecule has 6 nitrogen and oxygen atoms in total. The van der Waals surface area contributed by atoms with Crippen molar-refractivity contribution in [3.05, 3.63) is 66.2 Å². The number of thiazole rings is 1. The van der Waals surface area contributed by atoms with Crippen LogP contribution in [0.25, 0.3) is 15.9 Å². The van der Waals surface area contributed by atoms with Gasteiger partial charge >= 0.3 is 0 Å². The highest BCUT2D eigenvalue weighted by molar-refractivity contribution is 7.22. The fourth-order valence-electron chi connectivity index (χ4n) is 2.36. The maximum atomic E-state index is 12.4. The van der Waals surface area contributed by atoms with E-state index in [-0.39, 0.29) is 5.91 Å². The number of hydrogen-bond acceptors (Lipinski definition) is 5. The summed E-state index contributed by atoms with van der Waals surface area (Å²) in [4.78, 5) is 20.7. The van der Waals surface area contributed by atoms with Gasteiger partial charge in [-0.05, 0) is 48.9 Å². The lowest BCUT2D eigenvalue weighted by Gasteiger charge is -2.03. The predicted molar refractivity (Wildman–Crippen MR) is 93.7 cm³/mol. The van der Waals surface area contributed by atoms with Crippen molar-refractivity contribution < 1.29 is 4.79 Å². The summed E-state index contributed by atoms with van der Waals surface area (Å²) in [5.41, 5.74) is 3.48. The van der Waals surface area contributed by atoms with Crippen molar-refractivity contribution in [3.8, 4) is 5.69 Å². The number of aromatic nitrogens is 4. The van der Waals surface area contributed by atoms with Crippen LogP contribution in [0.1, 0.15) is 15.9 Å². The van der Waals surface area contributed by atoms with Gasteiger partial charge in [0.25, 0.3) is 5.91 Å². The summed E-state index contributed by atoms with van der Waals surface area (Å²) < 4.78 is 2.70. The lowest BCUT2D eigenvalue weighted by Crippen LogP contribution is -2.11. The first-order valence-electron chi connectivity index (χ1n) is 7.33. The van der Waals surface area contributed by atoms with E-state index in [4.69, 9.17) is 0 Å². The van der Waals surface area contributed by atoms with Gasteiger partial charge in [0.15, 0.2) is 5.13 Å². The maximum Gasteiger partial charge on any atom is 0.257 e. The molecule has 4 aromatic rings. The molecule has 0 aliphatic heterocycles. The molecule has 4 rings (SSSR count). The molecule has 0 fully saturated rings. The normalized spacial score (nSPS) is 10.9. The van der Waals surface area contributed by atoms with Gasteiger partial charge in [0, 0.05) is 5.56 Å². The van der Waals surface area contributed by atoms with E-state index in [1.165, 1.54) is 23.2 Å². The highest BCUT2D eigenvalue weighted by Crippen LogP contribution is 2.27. The summed E-state index contributed by atoms with van der Waals surface area (Å²) in [5, 5.41) is 7.51. The van der Waals surface area contributed by atoms with E-state index in [0.717, 1.165) is 15.9 Å². The number of amides is 1. The van der Waals surface area contributed by atoms with Crippen molar-refractivity contribution in [2.24, 2.45) is 0 Å². The lowest BCUT2D eigenvalue weighted by atomic mass is 10.2. The summed E-state index contributed by atoms with van der Waals surface area (Å²) >= 11 is 1.47. The van der Waals surface area contributed by atoms with Gasteiger partial charge in [-0.2, -0.15) is 5.10 Å². The van der Waals surface area contributed by atoms with Crippen molar-refractivity contribution in [3.63, 3.8) is 0 Å². The number of benzene rings is 2. The molecule has 0 saturated carbocycles. The number of anilines is 1. The molecule has 0 unspecified atom stereocenters. The number of nitrogens with zero attached hydrogens (tertiary/aromatic N) is 4. The summed E-state index contributed by atoms with van der Waals surface area (Å²) in [6, 6.07) is 13.2. The van der Waals surface area contributed by atoms with E-state index in [0.29, 0.717) is 10.7 Å². The zero-order valence-corrected chi connectivity index (χ0v) is 13.6. The molecule has 0 aliphatic rings. The van der Waals surface area contributed by atoms with Gasteiger partial charge in [-0.1, -0.05) is 17.4 Å². The van der Waals surface area contributed by atoms with E-state index in [2.05, 4.69) is 26.4 Å². The minimum absolute atomic E-state index is 0.184. The summed E-state index contributed by atoms with van der Waals surface area (Å²) in [6.07, 6.45) is 3.08. The fraction of sp³-hybridized carbons (Fsp3) is 0.0588. The van der Waals surface area contributed by atoms with Crippen LogP contribution in [-0.4, -0.2) is 25.7 Å². The molecule has 24 heavy (non-hydrogen) atoms. The van der Waals surface area contributed by atoms with Crippen LogP contribution in [0.5, 0.6) is 0 Å². The quantitative estimate of drug-likeness (QED) is 0.622. The Kier molecular flexibility index (Phi) is 3.55. The Morgan fingerprint density at radius 1 is 1.17 bits per heavy atom. The number of rotatable bonds is 3. The highest BCUT2D eigenvalue weighted by Gasteiger charge is 2.10. The number of carbonyl (C=O) groups is 1. The van der Waals surface area contributed by atoms with E-state index in [9.17, 15) is 4.79 Å².